The molecule has 4 rings (SSSR count). The van der Waals surface area contributed by atoms with Gasteiger partial charge in [0.25, 0.3) is 5.69 Å². The number of nitrogens with two attached hydrogens (primary N) is 1. The molecule has 2 aromatic carbocycles. The van der Waals surface area contributed by atoms with Crippen LogP contribution in [0.3, 0.4) is 0 Å². The van der Waals surface area contributed by atoms with Crippen LogP contribution < -0.4 is 15.4 Å². The summed E-state index contributed by atoms with van der Waals surface area (Å²) in [5.74, 6) is 0.197. The molecule has 0 fully saturated rings. The number of hydrogen-bond acceptors (Lipinski definition) is 7. The highest BCUT2D eigenvalue weighted by Crippen LogP contribution is 2.50. The number of ketones is 1. The highest BCUT2D eigenvalue weighted by atomic mass is 16.6. The molecule has 0 bridgehead atoms. The Morgan fingerprint density at radius 3 is 2.56 bits per heavy atom. The van der Waals surface area contributed by atoms with Gasteiger partial charge < -0.3 is 10.5 Å². The van der Waals surface area contributed by atoms with E-state index in [0.717, 1.165) is 5.56 Å². The summed E-state index contributed by atoms with van der Waals surface area (Å²) in [5.41, 5.74) is 8.80. The normalized spacial score (nSPS) is 19.5. The van der Waals surface area contributed by atoms with E-state index >= 15 is 0 Å². The van der Waals surface area contributed by atoms with Gasteiger partial charge in [-0.3, -0.25) is 19.8 Å². The third-order valence-electron chi connectivity index (χ3n) is 6.20. The molecule has 2 aliphatic rings. The van der Waals surface area contributed by atoms with Crippen molar-refractivity contribution in [2.24, 2.45) is 11.1 Å². The molecule has 1 atom stereocenters. The molecule has 0 amide bonds. The summed E-state index contributed by atoms with van der Waals surface area (Å²) in [6.07, 6.45) is 0.866. The van der Waals surface area contributed by atoms with Crippen molar-refractivity contribution in [3.8, 4) is 11.8 Å². The number of non-ortho nitro benzene ring substituents is 1. The number of carbonyl (C=O) groups excluding carboxylic acids is 1. The quantitative estimate of drug-likeness (QED) is 0.497. The van der Waals surface area contributed by atoms with Crippen molar-refractivity contribution in [2.75, 3.05) is 11.5 Å². The number of hydrogen-bond donors (Lipinski definition) is 1. The van der Waals surface area contributed by atoms with Crippen LogP contribution in [0.5, 0.6) is 5.75 Å². The van der Waals surface area contributed by atoms with Gasteiger partial charge in [0.1, 0.15) is 11.6 Å². The predicted molar refractivity (Wildman–Crippen MR) is 128 cm³/mol. The second-order valence-electron chi connectivity index (χ2n) is 9.26. The van der Waals surface area contributed by atoms with Crippen molar-refractivity contribution < 1.29 is 14.5 Å². The lowest BCUT2D eigenvalue weighted by molar-refractivity contribution is -0.384. The number of benzene rings is 2. The van der Waals surface area contributed by atoms with E-state index in [1.807, 2.05) is 45.0 Å². The lowest BCUT2D eigenvalue weighted by Crippen LogP contribution is -2.42. The van der Waals surface area contributed by atoms with E-state index in [0.29, 0.717) is 42.2 Å². The number of anilines is 1. The molecule has 0 spiro atoms. The largest absolute Gasteiger partial charge is 0.494 e. The fraction of sp³-hybridized carbons (Fsp3) is 0.308. The molecule has 1 heterocycles. The van der Waals surface area contributed by atoms with Crippen LogP contribution in [0.2, 0.25) is 0 Å². The van der Waals surface area contributed by atoms with E-state index in [2.05, 4.69) is 6.07 Å². The third kappa shape index (κ3) is 4.01. The van der Waals surface area contributed by atoms with Crippen molar-refractivity contribution in [1.29, 1.82) is 5.26 Å². The number of nitrogens with zero attached hydrogens (tertiary/aromatic N) is 3. The molecule has 0 radical (unpaired) electrons. The number of ether oxygens (including phenoxy) is 1. The average molecular weight is 459 g/mol. The second kappa shape index (κ2) is 8.67. The summed E-state index contributed by atoms with van der Waals surface area (Å²) >= 11 is 0. The van der Waals surface area contributed by atoms with E-state index in [1.165, 1.54) is 12.1 Å². The molecule has 1 aliphatic heterocycles. The molecule has 0 aromatic heterocycles. The lowest BCUT2D eigenvalue weighted by atomic mass is 9.68. The van der Waals surface area contributed by atoms with Crippen molar-refractivity contribution in [1.82, 2.24) is 0 Å². The maximum Gasteiger partial charge on any atom is 0.271 e. The molecule has 8 nitrogen and oxygen atoms in total. The van der Waals surface area contributed by atoms with Gasteiger partial charge >= 0.3 is 0 Å². The summed E-state index contributed by atoms with van der Waals surface area (Å²) in [6.45, 7) is 6.44. The van der Waals surface area contributed by atoms with Crippen molar-refractivity contribution in [2.45, 2.75) is 39.5 Å². The average Bonchev–Trinajstić information content (AvgIpc) is 2.78. The van der Waals surface area contributed by atoms with Gasteiger partial charge in [0.05, 0.1) is 34.8 Å². The minimum absolute atomic E-state index is 0.0548. The Kier molecular flexibility index (Phi) is 5.88. The van der Waals surface area contributed by atoms with Crippen molar-refractivity contribution in [3.63, 3.8) is 0 Å². The Morgan fingerprint density at radius 2 is 1.94 bits per heavy atom. The minimum Gasteiger partial charge on any atom is -0.494 e. The van der Waals surface area contributed by atoms with E-state index < -0.39 is 10.8 Å². The zero-order valence-corrected chi connectivity index (χ0v) is 19.4. The number of nitriles is 1. The van der Waals surface area contributed by atoms with E-state index in [4.69, 9.17) is 10.5 Å². The fourth-order valence-corrected chi connectivity index (χ4v) is 4.81. The summed E-state index contributed by atoms with van der Waals surface area (Å²) in [5, 5.41) is 21.5. The van der Waals surface area contributed by atoms with Crippen LogP contribution in [0.4, 0.5) is 11.4 Å². The van der Waals surface area contributed by atoms with Crippen LogP contribution in [-0.4, -0.2) is 17.3 Å². The number of allylic oxidation sites excluding steroid dienone is 3. The van der Waals surface area contributed by atoms with Gasteiger partial charge in [-0.15, -0.1) is 0 Å². The second-order valence-corrected chi connectivity index (χ2v) is 9.26. The highest BCUT2D eigenvalue weighted by molar-refractivity contribution is 6.01. The van der Waals surface area contributed by atoms with Crippen LogP contribution in [0.1, 0.15) is 45.1 Å². The van der Waals surface area contributed by atoms with Crippen molar-refractivity contribution in [3.05, 3.63) is 86.9 Å². The van der Waals surface area contributed by atoms with Gasteiger partial charge in [-0.05, 0) is 42.5 Å². The van der Waals surface area contributed by atoms with E-state index in [9.17, 15) is 20.2 Å². The minimum atomic E-state index is -0.616. The van der Waals surface area contributed by atoms with Crippen LogP contribution >= 0.6 is 0 Å². The molecular formula is C26H26N4O4. The van der Waals surface area contributed by atoms with Gasteiger partial charge in [-0.1, -0.05) is 32.0 Å². The van der Waals surface area contributed by atoms with Gasteiger partial charge in [0.2, 0.25) is 0 Å². The molecule has 2 aromatic rings. The molecule has 0 saturated carbocycles. The maximum absolute atomic E-state index is 13.5. The molecule has 2 N–H and O–H groups in total. The van der Waals surface area contributed by atoms with Crippen LogP contribution in [0.25, 0.3) is 0 Å². The Morgan fingerprint density at radius 1 is 1.24 bits per heavy atom. The maximum atomic E-state index is 13.5. The standard InChI is InChI=1S/C26H26N4O4/c1-4-34-19-10-8-16(9-11-19)23-20(15-27)25(28)29(17-6-5-7-18(12-17)30(32)33)21-13-26(2,3)14-22(31)24(21)23/h5-12,23H,4,13-14,28H2,1-3H3/t23-/m1/s1. The first-order valence-corrected chi connectivity index (χ1v) is 11.1. The van der Waals surface area contributed by atoms with Gasteiger partial charge in [-0.2, -0.15) is 5.26 Å². The van der Waals surface area contributed by atoms with Crippen molar-refractivity contribution >= 4 is 17.2 Å². The fourth-order valence-electron chi connectivity index (χ4n) is 4.81. The molecule has 0 saturated heterocycles. The van der Waals surface area contributed by atoms with Crippen LogP contribution in [-0.2, 0) is 4.79 Å². The van der Waals surface area contributed by atoms with Gasteiger partial charge in [-0.25, -0.2) is 0 Å². The molecule has 1 aliphatic carbocycles. The van der Waals surface area contributed by atoms with E-state index in [1.54, 1.807) is 17.0 Å². The molecule has 34 heavy (non-hydrogen) atoms. The van der Waals surface area contributed by atoms with Gasteiger partial charge in [0.15, 0.2) is 5.78 Å². The van der Waals surface area contributed by atoms with Crippen LogP contribution in [0.15, 0.2) is 71.2 Å². The highest BCUT2D eigenvalue weighted by Gasteiger charge is 2.44. The van der Waals surface area contributed by atoms with Gasteiger partial charge in [0, 0.05) is 29.8 Å². The molecule has 174 valence electrons. The molecule has 8 heteroatoms. The Hall–Kier alpha value is -4.12. The summed E-state index contributed by atoms with van der Waals surface area (Å²) in [4.78, 5) is 26.1. The monoisotopic (exact) mass is 458 g/mol. The number of rotatable bonds is 5. The topological polar surface area (TPSA) is 122 Å². The number of nitro benzene ring substituents is 1. The Balaban J connectivity index is 1.94. The molecule has 0 unspecified atom stereocenters. The number of nitro groups is 1. The smallest absolute Gasteiger partial charge is 0.271 e. The third-order valence-corrected chi connectivity index (χ3v) is 6.20. The molecular weight excluding hydrogens is 432 g/mol. The van der Waals surface area contributed by atoms with E-state index in [-0.39, 0.29) is 28.3 Å². The first-order chi connectivity index (χ1) is 16.2. The zero-order chi connectivity index (χ0) is 24.6. The first-order valence-electron chi connectivity index (χ1n) is 11.1. The Labute approximate surface area is 198 Å². The zero-order valence-electron chi connectivity index (χ0n) is 19.4. The number of Topliss-reactive ketones (excluding diaryl/α,β-unsaturated/α-hetero) is 1. The summed E-state index contributed by atoms with van der Waals surface area (Å²) < 4.78 is 5.54. The Bertz CT molecular complexity index is 1270. The lowest BCUT2D eigenvalue weighted by Gasteiger charge is -2.43. The summed E-state index contributed by atoms with van der Waals surface area (Å²) in [7, 11) is 0. The SMILES string of the molecule is CCOc1ccc([C@@H]2C(C#N)=C(N)N(c3cccc([N+](=O)[O-])c3)C3=C2C(=O)CC(C)(C)C3)cc1. The summed E-state index contributed by atoms with van der Waals surface area (Å²) in [6, 6.07) is 15.6. The number of carbonyl (C=O) groups is 1. The first kappa shape index (κ1) is 23.1. The van der Waals surface area contributed by atoms with Crippen LogP contribution in [0, 0.1) is 26.9 Å². The predicted octanol–water partition coefficient (Wildman–Crippen LogP) is 4.93.